The van der Waals surface area contributed by atoms with E-state index in [0.29, 0.717) is 5.92 Å². The average molecular weight is 442 g/mol. The number of aryl methyl sites for hydroxylation is 3. The van der Waals surface area contributed by atoms with Crippen molar-refractivity contribution in [1.29, 1.82) is 0 Å². The molecule has 8 heteroatoms. The topological polar surface area (TPSA) is 75.6 Å². The number of ether oxygens (including phenoxy) is 1. The maximum absolute atomic E-state index is 5.72. The van der Waals surface area contributed by atoms with Crippen molar-refractivity contribution in [3.63, 3.8) is 0 Å². The quantitative estimate of drug-likeness (QED) is 0.421. The van der Waals surface area contributed by atoms with Gasteiger partial charge in [0.2, 0.25) is 0 Å². The number of pyridine rings is 1. The Morgan fingerprint density at radius 2 is 1.79 bits per heavy atom. The van der Waals surface area contributed by atoms with Gasteiger partial charge in [-0.25, -0.2) is 4.68 Å². The molecule has 5 heterocycles. The van der Waals surface area contributed by atoms with E-state index in [-0.39, 0.29) is 6.04 Å². The second-order valence-electron chi connectivity index (χ2n) is 8.92. The number of fused-ring (bicyclic) bond motifs is 3. The maximum Gasteiger partial charge on any atom is 0.114 e. The Morgan fingerprint density at radius 3 is 2.52 bits per heavy atom. The first-order valence-electron chi connectivity index (χ1n) is 11.4. The van der Waals surface area contributed by atoms with Crippen LogP contribution in [0.15, 0.2) is 48.8 Å². The van der Waals surface area contributed by atoms with E-state index in [1.807, 2.05) is 42.8 Å². The summed E-state index contributed by atoms with van der Waals surface area (Å²) in [6.07, 6.45) is 5.96. The highest BCUT2D eigenvalue weighted by Crippen LogP contribution is 2.40. The Kier molecular flexibility index (Phi) is 4.76. The molecule has 6 rings (SSSR count). The lowest BCUT2D eigenvalue weighted by atomic mass is 9.86. The minimum Gasteiger partial charge on any atom is -0.381 e. The number of rotatable bonds is 4. The third kappa shape index (κ3) is 3.16. The average Bonchev–Trinajstić information content (AvgIpc) is 3.49. The zero-order valence-electron chi connectivity index (χ0n) is 19.1. The highest BCUT2D eigenvalue weighted by atomic mass is 16.5. The van der Waals surface area contributed by atoms with Crippen LogP contribution in [0.5, 0.6) is 0 Å². The van der Waals surface area contributed by atoms with Crippen LogP contribution in [0.2, 0.25) is 0 Å². The molecule has 0 radical (unpaired) electrons. The summed E-state index contributed by atoms with van der Waals surface area (Å²) in [4.78, 5) is 4.95. The van der Waals surface area contributed by atoms with Crippen LogP contribution in [-0.4, -0.2) is 47.5 Å². The van der Waals surface area contributed by atoms with Crippen molar-refractivity contribution in [2.45, 2.75) is 25.8 Å². The number of nitrogens with zero attached hydrogens (tertiary/aromatic N) is 7. The molecular weight excluding hydrogens is 414 g/mol. The molecule has 1 fully saturated rings. The fourth-order valence-corrected chi connectivity index (χ4v) is 5.42. The molecule has 1 saturated heterocycles. The first-order chi connectivity index (χ1) is 16.1. The van der Waals surface area contributed by atoms with Gasteiger partial charge in [0.15, 0.2) is 0 Å². The van der Waals surface area contributed by atoms with Gasteiger partial charge in [-0.05, 0) is 37.3 Å². The number of hydrogen-bond donors (Lipinski definition) is 0. The van der Waals surface area contributed by atoms with Crippen molar-refractivity contribution in [2.24, 2.45) is 20.0 Å². The fraction of sp³-hybridized carbons (Fsp3) is 0.360. The minimum atomic E-state index is 0.169. The van der Waals surface area contributed by atoms with Crippen LogP contribution >= 0.6 is 0 Å². The second kappa shape index (κ2) is 7.81. The van der Waals surface area contributed by atoms with Crippen LogP contribution in [0.4, 0.5) is 0 Å². The predicted octanol–water partition coefficient (Wildman–Crippen LogP) is 4.04. The lowest BCUT2D eigenvalue weighted by Crippen LogP contribution is -2.26. The molecular formula is C25H27N7O. The largest absolute Gasteiger partial charge is 0.381 e. The minimum absolute atomic E-state index is 0.169. The fourth-order valence-electron chi connectivity index (χ4n) is 5.42. The maximum atomic E-state index is 5.72. The summed E-state index contributed by atoms with van der Waals surface area (Å²) in [7, 11) is 3.91. The van der Waals surface area contributed by atoms with Crippen molar-refractivity contribution in [3.05, 3.63) is 60.0 Å². The van der Waals surface area contributed by atoms with Crippen molar-refractivity contribution < 1.29 is 4.74 Å². The van der Waals surface area contributed by atoms with Gasteiger partial charge in [0.05, 0.1) is 34.7 Å². The van der Waals surface area contributed by atoms with Crippen molar-refractivity contribution >= 4 is 22.1 Å². The summed E-state index contributed by atoms with van der Waals surface area (Å²) in [6, 6.07) is 13.2. The van der Waals surface area contributed by atoms with Crippen LogP contribution in [-0.2, 0) is 18.8 Å². The molecule has 0 aliphatic carbocycles. The zero-order chi connectivity index (χ0) is 22.5. The lowest BCUT2D eigenvalue weighted by Gasteiger charge is -2.32. The molecule has 0 bridgehead atoms. The summed E-state index contributed by atoms with van der Waals surface area (Å²) in [5.74, 6) is 0.462. The van der Waals surface area contributed by atoms with Gasteiger partial charge in [-0.15, -0.1) is 5.10 Å². The SMILES string of the molecule is Cc1nnn(C)c1-c1cnc2c3c(cnn3C)n(C(c3ccccc3)C3CCOCC3)c2c1. The predicted molar refractivity (Wildman–Crippen MR) is 127 cm³/mol. The molecule has 1 aliphatic rings. The Hall–Kier alpha value is -3.52. The van der Waals surface area contributed by atoms with Gasteiger partial charge in [-0.2, -0.15) is 5.10 Å². The Bertz CT molecular complexity index is 1420. The first kappa shape index (κ1) is 20.1. The highest BCUT2D eigenvalue weighted by molar-refractivity contribution is 6.04. The lowest BCUT2D eigenvalue weighted by molar-refractivity contribution is 0.0553. The van der Waals surface area contributed by atoms with Crippen LogP contribution in [0.3, 0.4) is 0 Å². The standard InChI is InChI=1S/C25H27N7O/c1-16-23(31(3)29-28-16)19-13-20-22(26-14-19)25-21(15-27-30(25)2)32(20)24(17-7-5-4-6-8-17)18-9-11-33-12-10-18/h4-8,13-15,18,24H,9-12H2,1-3H3. The van der Waals surface area contributed by atoms with Crippen LogP contribution in [0.25, 0.3) is 33.3 Å². The van der Waals surface area contributed by atoms with Gasteiger partial charge in [0, 0.05) is 39.1 Å². The summed E-state index contributed by atoms with van der Waals surface area (Å²) >= 11 is 0. The Balaban J connectivity index is 1.65. The smallest absolute Gasteiger partial charge is 0.114 e. The Labute approximate surface area is 191 Å². The summed E-state index contributed by atoms with van der Waals surface area (Å²) < 4.78 is 11.9. The monoisotopic (exact) mass is 441 g/mol. The number of hydrogen-bond acceptors (Lipinski definition) is 5. The van der Waals surface area contributed by atoms with Gasteiger partial charge in [-0.3, -0.25) is 9.67 Å². The van der Waals surface area contributed by atoms with Crippen molar-refractivity contribution in [1.82, 2.24) is 34.3 Å². The summed E-state index contributed by atoms with van der Waals surface area (Å²) in [6.45, 7) is 3.58. The molecule has 1 aliphatic heterocycles. The molecule has 1 aromatic carbocycles. The van der Waals surface area contributed by atoms with Gasteiger partial charge in [0.25, 0.3) is 0 Å². The van der Waals surface area contributed by atoms with E-state index >= 15 is 0 Å². The molecule has 0 spiro atoms. The van der Waals surface area contributed by atoms with E-state index in [0.717, 1.165) is 65.1 Å². The van der Waals surface area contributed by atoms with Gasteiger partial charge in [0.1, 0.15) is 11.0 Å². The van der Waals surface area contributed by atoms with E-state index in [1.165, 1.54) is 5.56 Å². The molecule has 4 aromatic heterocycles. The summed E-state index contributed by atoms with van der Waals surface area (Å²) in [5, 5.41) is 13.0. The highest BCUT2D eigenvalue weighted by Gasteiger charge is 2.31. The molecule has 168 valence electrons. The number of aromatic nitrogens is 7. The van der Waals surface area contributed by atoms with Crippen molar-refractivity contribution in [2.75, 3.05) is 13.2 Å². The van der Waals surface area contributed by atoms with Crippen molar-refractivity contribution in [3.8, 4) is 11.3 Å². The normalized spacial score (nSPS) is 16.1. The van der Waals surface area contributed by atoms with E-state index in [2.05, 4.69) is 56.4 Å². The van der Waals surface area contributed by atoms with Crippen LogP contribution < -0.4 is 0 Å². The van der Waals surface area contributed by atoms with Gasteiger partial charge < -0.3 is 9.30 Å². The molecule has 1 unspecified atom stereocenters. The van der Waals surface area contributed by atoms with Crippen LogP contribution in [0.1, 0.15) is 30.1 Å². The molecule has 5 aromatic rings. The van der Waals surface area contributed by atoms with Gasteiger partial charge in [-0.1, -0.05) is 35.5 Å². The van der Waals surface area contributed by atoms with Crippen LogP contribution in [0, 0.1) is 12.8 Å². The van der Waals surface area contributed by atoms with E-state index in [9.17, 15) is 0 Å². The first-order valence-corrected chi connectivity index (χ1v) is 11.4. The molecule has 0 N–H and O–H groups in total. The molecule has 0 saturated carbocycles. The second-order valence-corrected chi connectivity index (χ2v) is 8.92. The molecule has 1 atom stereocenters. The molecule has 8 nitrogen and oxygen atoms in total. The van der Waals surface area contributed by atoms with E-state index in [1.54, 1.807) is 0 Å². The zero-order valence-corrected chi connectivity index (χ0v) is 19.1. The number of benzene rings is 1. The third-order valence-corrected chi connectivity index (χ3v) is 6.93. The van der Waals surface area contributed by atoms with E-state index in [4.69, 9.17) is 9.72 Å². The third-order valence-electron chi connectivity index (χ3n) is 6.93. The molecule has 33 heavy (non-hydrogen) atoms. The molecule has 0 amide bonds. The Morgan fingerprint density at radius 1 is 1.00 bits per heavy atom. The summed E-state index contributed by atoms with van der Waals surface area (Å²) in [5.41, 5.74) is 8.44. The van der Waals surface area contributed by atoms with Gasteiger partial charge >= 0.3 is 0 Å². The van der Waals surface area contributed by atoms with E-state index < -0.39 is 0 Å².